The van der Waals surface area contributed by atoms with Gasteiger partial charge >= 0.3 is 6.29 Å². The third kappa shape index (κ3) is 4.22. The van der Waals surface area contributed by atoms with Crippen molar-refractivity contribution in [2.45, 2.75) is 25.4 Å². The fraction of sp³-hybridized carbons (Fsp3) is 0.429. The molecule has 160 valence electrons. The largest absolute Gasteiger partial charge is 0.586 e. The first kappa shape index (κ1) is 20.5. The maximum absolute atomic E-state index is 13.5. The standard InChI is InChI=1S/C21H23F2N3O4/c1-26-11-9-13(10-12-26)18(27)15-6-4-8-17(24-15)25-20(28-2)14-5-3-7-16-19(14)30-21(22,23)29-16/h3-8,13,20H,9-12H2,1-2H3,(H,24,25). The molecule has 1 saturated heterocycles. The molecule has 1 aromatic carbocycles. The molecule has 0 amide bonds. The minimum Gasteiger partial charge on any atom is -0.395 e. The van der Waals surface area contributed by atoms with Gasteiger partial charge in [0.15, 0.2) is 23.5 Å². The van der Waals surface area contributed by atoms with Gasteiger partial charge in [-0.3, -0.25) is 4.79 Å². The lowest BCUT2D eigenvalue weighted by molar-refractivity contribution is -0.287. The summed E-state index contributed by atoms with van der Waals surface area (Å²) in [5, 5.41) is 3.03. The van der Waals surface area contributed by atoms with Crippen molar-refractivity contribution < 1.29 is 27.8 Å². The van der Waals surface area contributed by atoms with Crippen molar-refractivity contribution in [3.63, 3.8) is 0 Å². The molecule has 0 radical (unpaired) electrons. The lowest BCUT2D eigenvalue weighted by Gasteiger charge is -2.27. The molecule has 0 saturated carbocycles. The first-order valence-corrected chi connectivity index (χ1v) is 9.74. The van der Waals surface area contributed by atoms with Crippen LogP contribution in [0, 0.1) is 5.92 Å². The summed E-state index contributed by atoms with van der Waals surface area (Å²) in [5.74, 6) is 0.190. The summed E-state index contributed by atoms with van der Waals surface area (Å²) >= 11 is 0. The number of nitrogens with one attached hydrogen (secondary N) is 1. The summed E-state index contributed by atoms with van der Waals surface area (Å²) in [4.78, 5) is 19.5. The van der Waals surface area contributed by atoms with Gasteiger partial charge in [0.05, 0.1) is 0 Å². The van der Waals surface area contributed by atoms with E-state index in [2.05, 4.69) is 24.7 Å². The van der Waals surface area contributed by atoms with Crippen molar-refractivity contribution in [2.24, 2.45) is 5.92 Å². The van der Waals surface area contributed by atoms with Crippen molar-refractivity contribution in [1.82, 2.24) is 9.88 Å². The lowest BCUT2D eigenvalue weighted by atomic mass is 9.91. The van der Waals surface area contributed by atoms with Crippen LogP contribution in [0.25, 0.3) is 0 Å². The number of aromatic nitrogens is 1. The summed E-state index contributed by atoms with van der Waals surface area (Å²) in [6.45, 7) is 1.76. The third-order valence-corrected chi connectivity index (χ3v) is 5.35. The summed E-state index contributed by atoms with van der Waals surface area (Å²) in [6, 6.07) is 9.66. The maximum Gasteiger partial charge on any atom is 0.586 e. The van der Waals surface area contributed by atoms with Crippen LogP contribution in [0.2, 0.25) is 0 Å². The van der Waals surface area contributed by atoms with Crippen molar-refractivity contribution in [2.75, 3.05) is 32.6 Å². The van der Waals surface area contributed by atoms with Gasteiger partial charge in [0.25, 0.3) is 0 Å². The van der Waals surface area contributed by atoms with Gasteiger partial charge in [0.1, 0.15) is 11.5 Å². The van der Waals surface area contributed by atoms with E-state index in [4.69, 9.17) is 4.74 Å². The second kappa shape index (κ2) is 8.16. The Morgan fingerprint density at radius 3 is 2.70 bits per heavy atom. The molecule has 0 aliphatic carbocycles. The second-order valence-electron chi connectivity index (χ2n) is 7.45. The van der Waals surface area contributed by atoms with Crippen LogP contribution in [0.3, 0.4) is 0 Å². The van der Waals surface area contributed by atoms with Crippen molar-refractivity contribution in [3.05, 3.63) is 47.7 Å². The second-order valence-corrected chi connectivity index (χ2v) is 7.45. The highest BCUT2D eigenvalue weighted by atomic mass is 19.3. The number of likely N-dealkylation sites (tertiary alicyclic amines) is 1. The molecule has 2 aliphatic heterocycles. The number of ketones is 1. The molecular weight excluding hydrogens is 396 g/mol. The molecule has 1 fully saturated rings. The van der Waals surface area contributed by atoms with E-state index in [0.717, 1.165) is 25.9 Å². The zero-order valence-corrected chi connectivity index (χ0v) is 16.7. The van der Waals surface area contributed by atoms with E-state index in [1.165, 1.54) is 13.2 Å². The first-order valence-electron chi connectivity index (χ1n) is 9.74. The molecule has 4 rings (SSSR count). The van der Waals surface area contributed by atoms with E-state index in [9.17, 15) is 13.6 Å². The van der Waals surface area contributed by atoms with Crippen LogP contribution in [0.4, 0.5) is 14.6 Å². The molecule has 0 bridgehead atoms. The highest BCUT2D eigenvalue weighted by Gasteiger charge is 2.45. The smallest absolute Gasteiger partial charge is 0.395 e. The minimum atomic E-state index is -3.73. The van der Waals surface area contributed by atoms with Gasteiger partial charge in [-0.05, 0) is 51.2 Å². The number of nitrogens with zero attached hydrogens (tertiary/aromatic N) is 2. The summed E-state index contributed by atoms with van der Waals surface area (Å²) < 4.78 is 41.6. The molecule has 2 aliphatic rings. The van der Waals surface area contributed by atoms with E-state index in [0.29, 0.717) is 17.1 Å². The maximum atomic E-state index is 13.5. The van der Waals surface area contributed by atoms with Crippen LogP contribution in [0.5, 0.6) is 11.5 Å². The number of piperidine rings is 1. The number of hydrogen-bond donors (Lipinski definition) is 1. The van der Waals surface area contributed by atoms with Gasteiger partial charge in [-0.2, -0.15) is 0 Å². The highest BCUT2D eigenvalue weighted by molar-refractivity contribution is 5.96. The zero-order valence-electron chi connectivity index (χ0n) is 16.7. The highest BCUT2D eigenvalue weighted by Crippen LogP contribution is 2.45. The minimum absolute atomic E-state index is 0.0118. The Bertz CT molecular complexity index is 932. The molecule has 2 aromatic rings. The van der Waals surface area contributed by atoms with Crippen LogP contribution < -0.4 is 14.8 Å². The van der Waals surface area contributed by atoms with Gasteiger partial charge in [0.2, 0.25) is 0 Å². The number of rotatable bonds is 6. The molecule has 7 nitrogen and oxygen atoms in total. The van der Waals surface area contributed by atoms with Crippen molar-refractivity contribution >= 4 is 11.6 Å². The Morgan fingerprint density at radius 1 is 1.23 bits per heavy atom. The fourth-order valence-electron chi connectivity index (χ4n) is 3.73. The molecule has 9 heteroatoms. The SMILES string of the molecule is COC(Nc1cccc(C(=O)C2CCN(C)CC2)n1)c1cccc2c1OC(F)(F)O2. The molecule has 3 heterocycles. The predicted octanol–water partition coefficient (Wildman–Crippen LogP) is 3.68. The number of hydrogen-bond acceptors (Lipinski definition) is 7. The van der Waals surface area contributed by atoms with Crippen LogP contribution in [-0.2, 0) is 4.74 Å². The van der Waals surface area contributed by atoms with Crippen molar-refractivity contribution in [3.8, 4) is 11.5 Å². The Kier molecular flexibility index (Phi) is 5.57. The van der Waals surface area contributed by atoms with E-state index in [1.807, 2.05) is 7.05 Å². The number of pyridine rings is 1. The molecule has 1 aromatic heterocycles. The number of carbonyl (C=O) groups is 1. The lowest BCUT2D eigenvalue weighted by Crippen LogP contribution is -2.33. The molecule has 30 heavy (non-hydrogen) atoms. The van der Waals surface area contributed by atoms with E-state index >= 15 is 0 Å². The van der Waals surface area contributed by atoms with Crippen LogP contribution in [0.1, 0.15) is 35.1 Å². The molecule has 1 unspecified atom stereocenters. The number of Topliss-reactive ketones (excluding diaryl/α,β-unsaturated/α-hetero) is 1. The number of halogens is 2. The molecule has 1 N–H and O–H groups in total. The zero-order chi connectivity index (χ0) is 21.3. The van der Waals surface area contributed by atoms with E-state index < -0.39 is 12.5 Å². The van der Waals surface area contributed by atoms with Gasteiger partial charge in [0, 0.05) is 18.6 Å². The number of methoxy groups -OCH3 is 1. The third-order valence-electron chi connectivity index (χ3n) is 5.35. The number of benzene rings is 1. The quantitative estimate of drug-likeness (QED) is 0.566. The average Bonchev–Trinajstić information content (AvgIpc) is 3.06. The van der Waals surface area contributed by atoms with Crippen LogP contribution in [-0.4, -0.2) is 49.2 Å². The first-order chi connectivity index (χ1) is 14.4. The normalized spacial score (nSPS) is 19.5. The fourth-order valence-corrected chi connectivity index (χ4v) is 3.73. The number of para-hydroxylation sites is 1. The average molecular weight is 419 g/mol. The summed E-state index contributed by atoms with van der Waals surface area (Å²) in [5.41, 5.74) is 0.704. The number of ether oxygens (including phenoxy) is 3. The Labute approximate surface area is 172 Å². The van der Waals surface area contributed by atoms with E-state index in [1.54, 1.807) is 30.3 Å². The number of anilines is 1. The van der Waals surface area contributed by atoms with Crippen LogP contribution in [0.15, 0.2) is 36.4 Å². The number of carbonyl (C=O) groups excluding carboxylic acids is 1. The van der Waals surface area contributed by atoms with Gasteiger partial charge in [-0.1, -0.05) is 18.2 Å². The Morgan fingerprint density at radius 2 is 1.97 bits per heavy atom. The van der Waals surface area contributed by atoms with Gasteiger partial charge < -0.3 is 24.4 Å². The topological polar surface area (TPSA) is 72.9 Å². The van der Waals surface area contributed by atoms with Gasteiger partial charge in [-0.25, -0.2) is 4.98 Å². The molecular formula is C21H23F2N3O4. The molecule has 1 atom stereocenters. The van der Waals surface area contributed by atoms with Crippen molar-refractivity contribution in [1.29, 1.82) is 0 Å². The number of alkyl halides is 2. The monoisotopic (exact) mass is 419 g/mol. The summed E-state index contributed by atoms with van der Waals surface area (Å²) in [6.07, 6.45) is -2.96. The van der Waals surface area contributed by atoms with Gasteiger partial charge in [-0.15, -0.1) is 8.78 Å². The Hall–Kier alpha value is -2.78. The van der Waals surface area contributed by atoms with E-state index in [-0.39, 0.29) is 23.2 Å². The Balaban J connectivity index is 1.53. The number of fused-ring (bicyclic) bond motifs is 1. The molecule has 0 spiro atoms. The van der Waals surface area contributed by atoms with Crippen LogP contribution >= 0.6 is 0 Å². The summed E-state index contributed by atoms with van der Waals surface area (Å²) in [7, 11) is 3.47. The predicted molar refractivity (Wildman–Crippen MR) is 105 cm³/mol.